The second kappa shape index (κ2) is 7.59. The summed E-state index contributed by atoms with van der Waals surface area (Å²) < 4.78 is 10.7. The molecule has 8 heteroatoms. The van der Waals surface area contributed by atoms with Crippen LogP contribution in [0.4, 0.5) is 0 Å². The van der Waals surface area contributed by atoms with Crippen LogP contribution >= 0.6 is 23.7 Å². The van der Waals surface area contributed by atoms with E-state index in [1.54, 1.807) is 6.20 Å². The average molecular weight is 382 g/mol. The molecule has 3 heterocycles. The molecule has 25 heavy (non-hydrogen) atoms. The number of halogens is 1. The molecule has 1 amide bonds. The lowest BCUT2D eigenvalue weighted by molar-refractivity contribution is 0.0918. The van der Waals surface area contributed by atoms with Crippen molar-refractivity contribution in [1.82, 2.24) is 15.6 Å². The number of carbonyl (C=O) groups is 1. The third-order valence-corrected chi connectivity index (χ3v) is 5.50. The third-order valence-electron chi connectivity index (χ3n) is 4.45. The minimum absolute atomic E-state index is 0. The van der Waals surface area contributed by atoms with Crippen LogP contribution in [-0.4, -0.2) is 36.8 Å². The van der Waals surface area contributed by atoms with E-state index in [4.69, 9.17) is 9.47 Å². The van der Waals surface area contributed by atoms with Gasteiger partial charge in [-0.2, -0.15) is 0 Å². The zero-order valence-corrected chi connectivity index (χ0v) is 15.4. The Morgan fingerprint density at radius 1 is 1.36 bits per heavy atom. The summed E-state index contributed by atoms with van der Waals surface area (Å²) in [5, 5.41) is 7.28. The Labute approximate surface area is 156 Å². The van der Waals surface area contributed by atoms with Gasteiger partial charge in [0.2, 0.25) is 6.79 Å². The van der Waals surface area contributed by atoms with Crippen LogP contribution in [-0.2, 0) is 0 Å². The number of hydrogen-bond acceptors (Lipinski definition) is 6. The first kappa shape index (κ1) is 18.0. The maximum atomic E-state index is 12.5. The smallest absolute Gasteiger partial charge is 0.263 e. The van der Waals surface area contributed by atoms with Gasteiger partial charge in [-0.25, -0.2) is 4.98 Å². The van der Waals surface area contributed by atoms with Crippen LogP contribution in [0.15, 0.2) is 24.4 Å². The van der Waals surface area contributed by atoms with Crippen LogP contribution in [0, 0.1) is 5.92 Å². The minimum Gasteiger partial charge on any atom is -0.454 e. The summed E-state index contributed by atoms with van der Waals surface area (Å²) in [4.78, 5) is 17.5. The van der Waals surface area contributed by atoms with E-state index in [1.807, 2.05) is 18.2 Å². The molecule has 6 nitrogen and oxygen atoms in total. The van der Waals surface area contributed by atoms with Crippen LogP contribution in [0.5, 0.6) is 11.5 Å². The highest BCUT2D eigenvalue weighted by Gasteiger charge is 2.24. The largest absolute Gasteiger partial charge is 0.454 e. The number of carbonyl (C=O) groups excluding carboxylic acids is 1. The van der Waals surface area contributed by atoms with Crippen molar-refractivity contribution in [3.63, 3.8) is 0 Å². The van der Waals surface area contributed by atoms with Crippen molar-refractivity contribution in [3.05, 3.63) is 29.3 Å². The summed E-state index contributed by atoms with van der Waals surface area (Å²) >= 11 is 1.39. The lowest BCUT2D eigenvalue weighted by atomic mass is 9.95. The molecule has 4 rings (SSSR count). The molecule has 0 saturated carbocycles. The number of ether oxygens (including phenoxy) is 2. The van der Waals surface area contributed by atoms with E-state index in [-0.39, 0.29) is 31.1 Å². The number of nitrogens with zero attached hydrogens (tertiary/aromatic N) is 1. The van der Waals surface area contributed by atoms with E-state index in [0.717, 1.165) is 41.6 Å². The summed E-state index contributed by atoms with van der Waals surface area (Å²) in [5.41, 5.74) is 0.929. The van der Waals surface area contributed by atoms with Crippen molar-refractivity contribution in [2.24, 2.45) is 5.92 Å². The number of thiazole rings is 1. The van der Waals surface area contributed by atoms with Crippen LogP contribution in [0.25, 0.3) is 10.6 Å². The Morgan fingerprint density at radius 2 is 2.20 bits per heavy atom. The van der Waals surface area contributed by atoms with Crippen molar-refractivity contribution in [3.8, 4) is 22.1 Å². The molecule has 1 saturated heterocycles. The summed E-state index contributed by atoms with van der Waals surface area (Å²) in [6.45, 7) is 4.29. The van der Waals surface area contributed by atoms with Crippen molar-refractivity contribution in [2.75, 3.05) is 19.9 Å². The van der Waals surface area contributed by atoms with E-state index >= 15 is 0 Å². The molecule has 1 aromatic carbocycles. The fourth-order valence-corrected chi connectivity index (χ4v) is 3.83. The number of benzene rings is 1. The van der Waals surface area contributed by atoms with Gasteiger partial charge in [-0.3, -0.25) is 4.79 Å². The molecule has 1 fully saturated rings. The predicted octanol–water partition coefficient (Wildman–Crippen LogP) is 2.69. The van der Waals surface area contributed by atoms with Gasteiger partial charge in [0, 0.05) is 11.6 Å². The second-order valence-electron chi connectivity index (χ2n) is 6.15. The Morgan fingerprint density at radius 3 is 3.04 bits per heavy atom. The first-order valence-corrected chi connectivity index (χ1v) is 8.90. The first-order chi connectivity index (χ1) is 11.7. The van der Waals surface area contributed by atoms with Gasteiger partial charge < -0.3 is 20.1 Å². The zero-order chi connectivity index (χ0) is 16.5. The molecular weight excluding hydrogens is 362 g/mol. The highest BCUT2D eigenvalue weighted by atomic mass is 35.5. The molecule has 0 aliphatic carbocycles. The number of rotatable bonds is 3. The Hall–Kier alpha value is -1.83. The van der Waals surface area contributed by atoms with E-state index in [9.17, 15) is 4.79 Å². The molecule has 2 atom stereocenters. The number of amides is 1. The zero-order valence-electron chi connectivity index (χ0n) is 13.8. The predicted molar refractivity (Wildman–Crippen MR) is 98.8 cm³/mol. The molecule has 2 aromatic rings. The molecule has 2 N–H and O–H groups in total. The van der Waals surface area contributed by atoms with Crippen molar-refractivity contribution in [2.45, 2.75) is 19.4 Å². The maximum absolute atomic E-state index is 12.5. The van der Waals surface area contributed by atoms with Gasteiger partial charge in [-0.05, 0) is 43.6 Å². The number of aromatic nitrogens is 1. The molecule has 0 spiro atoms. The number of piperidine rings is 1. The monoisotopic (exact) mass is 381 g/mol. The van der Waals surface area contributed by atoms with Gasteiger partial charge in [0.05, 0.1) is 6.20 Å². The maximum Gasteiger partial charge on any atom is 0.263 e. The van der Waals surface area contributed by atoms with Crippen LogP contribution < -0.4 is 20.1 Å². The van der Waals surface area contributed by atoms with Gasteiger partial charge in [0.25, 0.3) is 5.91 Å². The van der Waals surface area contributed by atoms with Gasteiger partial charge in [0.1, 0.15) is 9.88 Å². The molecule has 2 unspecified atom stereocenters. The van der Waals surface area contributed by atoms with Crippen LogP contribution in [0.2, 0.25) is 0 Å². The molecular formula is C17H20ClN3O3S. The fourth-order valence-electron chi connectivity index (χ4n) is 3.01. The van der Waals surface area contributed by atoms with Crippen molar-refractivity contribution >= 4 is 29.7 Å². The Bertz CT molecular complexity index is 767. The second-order valence-corrected chi connectivity index (χ2v) is 7.18. The van der Waals surface area contributed by atoms with Crippen molar-refractivity contribution < 1.29 is 14.3 Å². The summed E-state index contributed by atoms with van der Waals surface area (Å²) in [5.74, 6) is 1.85. The molecule has 0 radical (unpaired) electrons. The normalized spacial score (nSPS) is 21.5. The van der Waals surface area contributed by atoms with Gasteiger partial charge in [0.15, 0.2) is 11.5 Å². The van der Waals surface area contributed by atoms with Crippen LogP contribution in [0.1, 0.15) is 23.0 Å². The van der Waals surface area contributed by atoms with Gasteiger partial charge in [-0.15, -0.1) is 23.7 Å². The molecule has 2 aliphatic rings. The lowest BCUT2D eigenvalue weighted by Crippen LogP contribution is -2.48. The lowest BCUT2D eigenvalue weighted by Gasteiger charge is -2.29. The Balaban J connectivity index is 0.00000182. The van der Waals surface area contributed by atoms with Crippen LogP contribution in [0.3, 0.4) is 0 Å². The highest BCUT2D eigenvalue weighted by Crippen LogP contribution is 2.37. The van der Waals surface area contributed by atoms with E-state index < -0.39 is 0 Å². The quantitative estimate of drug-likeness (QED) is 0.855. The van der Waals surface area contributed by atoms with E-state index in [1.165, 1.54) is 11.3 Å². The molecule has 134 valence electrons. The highest BCUT2D eigenvalue weighted by molar-refractivity contribution is 7.16. The SMILES string of the molecule is CC1CNCCC1NC(=O)c1cnc(-c2ccc3c(c2)OCO3)s1.Cl. The van der Waals surface area contributed by atoms with Crippen molar-refractivity contribution in [1.29, 1.82) is 0 Å². The summed E-state index contributed by atoms with van der Waals surface area (Å²) in [7, 11) is 0. The van der Waals surface area contributed by atoms with E-state index in [2.05, 4.69) is 22.5 Å². The Kier molecular flexibility index (Phi) is 5.46. The number of nitrogens with one attached hydrogen (secondary N) is 2. The van der Waals surface area contributed by atoms with Gasteiger partial charge in [-0.1, -0.05) is 6.92 Å². The average Bonchev–Trinajstić information content (AvgIpc) is 3.25. The molecule has 1 aromatic heterocycles. The minimum atomic E-state index is -0.0433. The van der Waals surface area contributed by atoms with E-state index in [0.29, 0.717) is 10.8 Å². The molecule has 0 bridgehead atoms. The number of fused-ring (bicyclic) bond motifs is 1. The van der Waals surface area contributed by atoms with Gasteiger partial charge >= 0.3 is 0 Å². The fraction of sp³-hybridized carbons (Fsp3) is 0.412. The third kappa shape index (κ3) is 3.73. The first-order valence-electron chi connectivity index (χ1n) is 8.08. The summed E-state index contributed by atoms with van der Waals surface area (Å²) in [6, 6.07) is 5.92. The molecule has 2 aliphatic heterocycles. The topological polar surface area (TPSA) is 72.5 Å². The summed E-state index contributed by atoms with van der Waals surface area (Å²) in [6.07, 6.45) is 2.60. The standard InChI is InChI=1S/C17H19N3O3S.ClH/c1-10-7-18-5-4-12(10)20-16(21)15-8-19-17(24-15)11-2-3-13-14(6-11)23-9-22-13;/h2-3,6,8,10,12,18H,4-5,7,9H2,1H3,(H,20,21);1H. The number of hydrogen-bond donors (Lipinski definition) is 2.